The van der Waals surface area contributed by atoms with E-state index in [1.165, 1.54) is 4.80 Å². The van der Waals surface area contributed by atoms with Crippen molar-refractivity contribution in [2.75, 3.05) is 13.1 Å². The first kappa shape index (κ1) is 10.1. The van der Waals surface area contributed by atoms with Gasteiger partial charge in [-0.1, -0.05) is 13.8 Å². The number of aryl methyl sites for hydroxylation is 1. The van der Waals surface area contributed by atoms with Crippen molar-refractivity contribution in [1.29, 1.82) is 0 Å². The van der Waals surface area contributed by atoms with E-state index in [0.717, 1.165) is 13.1 Å². The third-order valence-electron chi connectivity index (χ3n) is 2.84. The van der Waals surface area contributed by atoms with Crippen LogP contribution in [0, 0.1) is 11.8 Å². The Kier molecular flexibility index (Phi) is 2.42. The molecule has 1 aliphatic heterocycles. The number of carbonyl (C=O) groups excluding carboxylic acids is 1. The molecule has 2 rings (SSSR count). The summed E-state index contributed by atoms with van der Waals surface area (Å²) < 4.78 is 0. The molecule has 0 atom stereocenters. The molecule has 0 aromatic carbocycles. The van der Waals surface area contributed by atoms with Crippen molar-refractivity contribution in [1.82, 2.24) is 25.1 Å². The minimum Gasteiger partial charge on any atom is -0.335 e. The maximum atomic E-state index is 11.8. The highest BCUT2D eigenvalue weighted by molar-refractivity contribution is 5.90. The molecule has 1 aromatic rings. The number of likely N-dealkylation sites (tertiary alicyclic amines) is 1. The first-order chi connectivity index (χ1) is 7.08. The standard InChI is InChI=1S/C9H15N5O/c1-6(2)7-4-14(5-7)9(15)8-10-12-13(3)11-8/h6-7H,4-5H2,1-3H3. The number of amides is 1. The van der Waals surface area contributed by atoms with Gasteiger partial charge in [-0.25, -0.2) is 0 Å². The molecule has 0 radical (unpaired) electrons. The van der Waals surface area contributed by atoms with Crippen LogP contribution in [0.4, 0.5) is 0 Å². The summed E-state index contributed by atoms with van der Waals surface area (Å²) in [5.41, 5.74) is 0. The van der Waals surface area contributed by atoms with E-state index in [0.29, 0.717) is 11.8 Å². The molecule has 0 spiro atoms. The van der Waals surface area contributed by atoms with Crippen molar-refractivity contribution in [3.63, 3.8) is 0 Å². The zero-order valence-corrected chi connectivity index (χ0v) is 9.21. The summed E-state index contributed by atoms with van der Waals surface area (Å²) in [6.45, 7) is 5.98. The van der Waals surface area contributed by atoms with Crippen molar-refractivity contribution in [3.8, 4) is 0 Å². The number of hydrogen-bond donors (Lipinski definition) is 0. The average molecular weight is 209 g/mol. The molecule has 0 bridgehead atoms. The van der Waals surface area contributed by atoms with Crippen LogP contribution >= 0.6 is 0 Å². The predicted molar refractivity (Wildman–Crippen MR) is 53.0 cm³/mol. The van der Waals surface area contributed by atoms with Gasteiger partial charge in [0.05, 0.1) is 7.05 Å². The van der Waals surface area contributed by atoms with Crippen LogP contribution in [0.5, 0.6) is 0 Å². The second-order valence-electron chi connectivity index (χ2n) is 4.32. The van der Waals surface area contributed by atoms with E-state index in [1.807, 2.05) is 0 Å². The summed E-state index contributed by atoms with van der Waals surface area (Å²) in [7, 11) is 1.65. The van der Waals surface area contributed by atoms with Gasteiger partial charge >= 0.3 is 0 Å². The highest BCUT2D eigenvalue weighted by Crippen LogP contribution is 2.23. The number of rotatable bonds is 2. The second kappa shape index (κ2) is 3.60. The summed E-state index contributed by atoms with van der Waals surface area (Å²) in [5.74, 6) is 1.33. The number of tetrazole rings is 1. The maximum Gasteiger partial charge on any atom is 0.295 e. The van der Waals surface area contributed by atoms with Crippen LogP contribution in [0.25, 0.3) is 0 Å². The Labute approximate surface area is 88.2 Å². The molecular formula is C9H15N5O. The zero-order chi connectivity index (χ0) is 11.0. The van der Waals surface area contributed by atoms with E-state index >= 15 is 0 Å². The molecule has 0 aliphatic carbocycles. The lowest BCUT2D eigenvalue weighted by Gasteiger charge is -2.40. The van der Waals surface area contributed by atoms with Crippen molar-refractivity contribution in [2.45, 2.75) is 13.8 Å². The monoisotopic (exact) mass is 209 g/mol. The highest BCUT2D eigenvalue weighted by atomic mass is 16.2. The van der Waals surface area contributed by atoms with E-state index in [1.54, 1.807) is 11.9 Å². The lowest BCUT2D eigenvalue weighted by molar-refractivity contribution is 0.0395. The molecule has 0 unspecified atom stereocenters. The molecule has 2 heterocycles. The summed E-state index contributed by atoms with van der Waals surface area (Å²) in [6.07, 6.45) is 0. The third kappa shape index (κ3) is 1.84. The topological polar surface area (TPSA) is 63.9 Å². The van der Waals surface area contributed by atoms with E-state index in [9.17, 15) is 4.79 Å². The summed E-state index contributed by atoms with van der Waals surface area (Å²) in [6, 6.07) is 0. The van der Waals surface area contributed by atoms with Crippen molar-refractivity contribution < 1.29 is 4.79 Å². The Morgan fingerprint density at radius 1 is 1.47 bits per heavy atom. The Balaban J connectivity index is 1.95. The fraction of sp³-hybridized carbons (Fsp3) is 0.778. The fourth-order valence-electron chi connectivity index (χ4n) is 1.61. The van der Waals surface area contributed by atoms with Gasteiger partial charge in [0.15, 0.2) is 0 Å². The van der Waals surface area contributed by atoms with Crippen LogP contribution in [-0.4, -0.2) is 44.1 Å². The molecular weight excluding hydrogens is 194 g/mol. The van der Waals surface area contributed by atoms with E-state index < -0.39 is 0 Å². The van der Waals surface area contributed by atoms with Gasteiger partial charge in [-0.15, -0.1) is 10.2 Å². The van der Waals surface area contributed by atoms with E-state index in [4.69, 9.17) is 0 Å². The number of carbonyl (C=O) groups is 1. The number of aromatic nitrogens is 4. The number of hydrogen-bond acceptors (Lipinski definition) is 4. The zero-order valence-electron chi connectivity index (χ0n) is 9.21. The van der Waals surface area contributed by atoms with Gasteiger partial charge in [-0.2, -0.15) is 4.80 Å². The molecule has 15 heavy (non-hydrogen) atoms. The molecule has 1 amide bonds. The predicted octanol–water partition coefficient (Wildman–Crippen LogP) is -0.0619. The smallest absolute Gasteiger partial charge is 0.295 e. The van der Waals surface area contributed by atoms with Gasteiger partial charge in [-0.05, 0) is 17.0 Å². The molecule has 0 N–H and O–H groups in total. The van der Waals surface area contributed by atoms with Gasteiger partial charge < -0.3 is 4.90 Å². The Morgan fingerprint density at radius 2 is 2.13 bits per heavy atom. The van der Waals surface area contributed by atoms with Crippen molar-refractivity contribution >= 4 is 5.91 Å². The normalized spacial score (nSPS) is 16.9. The minimum atomic E-state index is -0.111. The van der Waals surface area contributed by atoms with Gasteiger partial charge in [0.25, 0.3) is 11.7 Å². The SMILES string of the molecule is CC(C)C1CN(C(=O)c2nnn(C)n2)C1. The summed E-state index contributed by atoms with van der Waals surface area (Å²) in [4.78, 5) is 14.8. The Bertz CT molecular complexity index is 366. The summed E-state index contributed by atoms with van der Waals surface area (Å²) >= 11 is 0. The van der Waals surface area contributed by atoms with Crippen molar-refractivity contribution in [3.05, 3.63) is 5.82 Å². The summed E-state index contributed by atoms with van der Waals surface area (Å²) in [5, 5.41) is 11.2. The molecule has 1 saturated heterocycles. The molecule has 1 aliphatic rings. The lowest BCUT2D eigenvalue weighted by atomic mass is 9.88. The molecule has 82 valence electrons. The van der Waals surface area contributed by atoms with Crippen LogP contribution in [0.3, 0.4) is 0 Å². The van der Waals surface area contributed by atoms with Crippen molar-refractivity contribution in [2.24, 2.45) is 18.9 Å². The van der Waals surface area contributed by atoms with Gasteiger partial charge in [-0.3, -0.25) is 4.79 Å². The van der Waals surface area contributed by atoms with E-state index in [2.05, 4.69) is 29.3 Å². The second-order valence-corrected chi connectivity index (χ2v) is 4.32. The van der Waals surface area contributed by atoms with Crippen LogP contribution in [0.2, 0.25) is 0 Å². The molecule has 6 nitrogen and oxygen atoms in total. The fourth-order valence-corrected chi connectivity index (χ4v) is 1.61. The third-order valence-corrected chi connectivity index (χ3v) is 2.84. The first-order valence-electron chi connectivity index (χ1n) is 5.11. The largest absolute Gasteiger partial charge is 0.335 e. The van der Waals surface area contributed by atoms with Crippen LogP contribution < -0.4 is 0 Å². The Morgan fingerprint density at radius 3 is 2.60 bits per heavy atom. The number of nitrogens with zero attached hydrogens (tertiary/aromatic N) is 5. The van der Waals surface area contributed by atoms with Gasteiger partial charge in [0, 0.05) is 13.1 Å². The van der Waals surface area contributed by atoms with Gasteiger partial charge in [0.2, 0.25) is 0 Å². The average Bonchev–Trinajstić information content (AvgIpc) is 2.48. The Hall–Kier alpha value is -1.46. The molecule has 1 fully saturated rings. The van der Waals surface area contributed by atoms with Gasteiger partial charge in [0.1, 0.15) is 0 Å². The molecule has 0 saturated carbocycles. The first-order valence-corrected chi connectivity index (χ1v) is 5.11. The molecule has 1 aromatic heterocycles. The van der Waals surface area contributed by atoms with Crippen LogP contribution in [0.15, 0.2) is 0 Å². The molecule has 6 heteroatoms. The maximum absolute atomic E-state index is 11.8. The van der Waals surface area contributed by atoms with Crippen LogP contribution in [0.1, 0.15) is 24.5 Å². The minimum absolute atomic E-state index is 0.111. The van der Waals surface area contributed by atoms with Crippen LogP contribution in [-0.2, 0) is 7.05 Å². The highest BCUT2D eigenvalue weighted by Gasteiger charge is 2.34. The lowest BCUT2D eigenvalue weighted by Crippen LogP contribution is -2.52. The van der Waals surface area contributed by atoms with E-state index in [-0.39, 0.29) is 11.7 Å². The quantitative estimate of drug-likeness (QED) is 0.684.